The van der Waals surface area contributed by atoms with E-state index in [0.717, 1.165) is 28.3 Å². The highest BCUT2D eigenvalue weighted by Gasteiger charge is 2.10. The van der Waals surface area contributed by atoms with Crippen LogP contribution >= 0.6 is 11.3 Å². The van der Waals surface area contributed by atoms with Crippen molar-refractivity contribution in [2.24, 2.45) is 0 Å². The summed E-state index contributed by atoms with van der Waals surface area (Å²) in [6.07, 6.45) is 0. The molecule has 0 saturated carbocycles. The molecular weight excluding hydrogens is 398 g/mol. The third kappa shape index (κ3) is 4.61. The van der Waals surface area contributed by atoms with E-state index in [-0.39, 0.29) is 11.7 Å². The summed E-state index contributed by atoms with van der Waals surface area (Å²) in [4.78, 5) is 25.5. The number of anilines is 3. The minimum atomic E-state index is -0.271. The van der Waals surface area contributed by atoms with Crippen LogP contribution in [0.1, 0.15) is 21.7 Å². The van der Waals surface area contributed by atoms with Crippen molar-refractivity contribution >= 4 is 34.0 Å². The molecule has 2 heterocycles. The molecule has 0 aliphatic heterocycles. The zero-order chi connectivity index (χ0) is 21.1. The molecule has 1 amide bonds. The number of amides is 1. The number of carbonyl (C=O) groups is 1. The van der Waals surface area contributed by atoms with Gasteiger partial charge in [0.05, 0.1) is 5.69 Å². The smallest absolute Gasteiger partial charge is 0.258 e. The number of nitrogens with one attached hydrogen (secondary N) is 2. The Labute approximate surface area is 177 Å². The van der Waals surface area contributed by atoms with Crippen molar-refractivity contribution in [1.82, 2.24) is 15.0 Å². The average molecular weight is 417 g/mol. The van der Waals surface area contributed by atoms with Gasteiger partial charge >= 0.3 is 0 Å². The molecule has 0 bridgehead atoms. The maximum atomic E-state index is 12.5. The molecule has 3 N–H and O–H groups in total. The van der Waals surface area contributed by atoms with Crippen LogP contribution in [0, 0.1) is 13.8 Å². The Morgan fingerprint density at radius 1 is 0.967 bits per heavy atom. The molecule has 0 atom stereocenters. The summed E-state index contributed by atoms with van der Waals surface area (Å²) in [6, 6.07) is 15.9. The van der Waals surface area contributed by atoms with Gasteiger partial charge in [-0.3, -0.25) is 10.1 Å². The number of benzene rings is 2. The number of phenols is 1. The second-order valence-corrected chi connectivity index (χ2v) is 7.58. The quantitative estimate of drug-likeness (QED) is 0.426. The van der Waals surface area contributed by atoms with Gasteiger partial charge in [0.25, 0.3) is 5.91 Å². The maximum absolute atomic E-state index is 12.5. The van der Waals surface area contributed by atoms with Gasteiger partial charge in [-0.25, -0.2) is 15.0 Å². The minimum absolute atomic E-state index is 0.204. The van der Waals surface area contributed by atoms with Crippen LogP contribution in [0.5, 0.6) is 5.75 Å². The van der Waals surface area contributed by atoms with Gasteiger partial charge in [0.1, 0.15) is 5.75 Å². The fourth-order valence-corrected chi connectivity index (χ4v) is 3.65. The molecule has 30 heavy (non-hydrogen) atoms. The molecule has 2 aromatic heterocycles. The molecule has 4 rings (SSSR count). The number of rotatable bonds is 5. The van der Waals surface area contributed by atoms with Crippen LogP contribution in [0.25, 0.3) is 11.3 Å². The largest absolute Gasteiger partial charge is 0.508 e. The standard InChI is InChI=1S/C22H19N5O2S/c1-13-10-14(2)24-21(23-13)27-20(29)15-6-8-17(9-7-15)25-22-26-19(12-30-22)16-4-3-5-18(28)11-16/h3-12,28H,1-2H3,(H,25,26)(H,23,24,27,29). The first-order valence-electron chi connectivity index (χ1n) is 9.22. The Balaban J connectivity index is 1.43. The Morgan fingerprint density at radius 3 is 2.40 bits per heavy atom. The molecule has 0 spiro atoms. The van der Waals surface area contributed by atoms with E-state index in [1.807, 2.05) is 43.5 Å². The van der Waals surface area contributed by atoms with Crippen molar-refractivity contribution in [3.05, 3.63) is 76.9 Å². The van der Waals surface area contributed by atoms with Crippen molar-refractivity contribution in [2.45, 2.75) is 13.8 Å². The van der Waals surface area contributed by atoms with Gasteiger partial charge in [-0.2, -0.15) is 0 Å². The van der Waals surface area contributed by atoms with E-state index in [2.05, 4.69) is 25.6 Å². The number of hydrogen-bond acceptors (Lipinski definition) is 7. The number of thiazole rings is 1. The van der Waals surface area contributed by atoms with Crippen LogP contribution in [0.15, 0.2) is 60.0 Å². The number of aromatic nitrogens is 3. The van der Waals surface area contributed by atoms with Gasteiger partial charge in [0.15, 0.2) is 5.13 Å². The van der Waals surface area contributed by atoms with Crippen LogP contribution in [0.2, 0.25) is 0 Å². The van der Waals surface area contributed by atoms with Crippen LogP contribution in [-0.2, 0) is 0 Å². The average Bonchev–Trinajstić information content (AvgIpc) is 3.16. The molecule has 0 fully saturated rings. The zero-order valence-electron chi connectivity index (χ0n) is 16.4. The van der Waals surface area contributed by atoms with Crippen LogP contribution in [-0.4, -0.2) is 26.0 Å². The number of phenolic OH excluding ortho intramolecular Hbond substituents is 1. The molecule has 7 nitrogen and oxygen atoms in total. The van der Waals surface area contributed by atoms with E-state index in [9.17, 15) is 9.90 Å². The second kappa shape index (κ2) is 8.30. The van der Waals surface area contributed by atoms with E-state index in [0.29, 0.717) is 16.6 Å². The lowest BCUT2D eigenvalue weighted by Gasteiger charge is -2.07. The minimum Gasteiger partial charge on any atom is -0.508 e. The number of aryl methyl sites for hydroxylation is 2. The molecule has 0 radical (unpaired) electrons. The highest BCUT2D eigenvalue weighted by molar-refractivity contribution is 7.14. The number of carbonyl (C=O) groups excluding carboxylic acids is 1. The zero-order valence-corrected chi connectivity index (χ0v) is 17.2. The first-order valence-corrected chi connectivity index (χ1v) is 10.1. The summed E-state index contributed by atoms with van der Waals surface area (Å²) in [6.45, 7) is 3.71. The van der Waals surface area contributed by atoms with E-state index < -0.39 is 0 Å². The summed E-state index contributed by atoms with van der Waals surface area (Å²) < 4.78 is 0. The second-order valence-electron chi connectivity index (χ2n) is 6.72. The Hall–Kier alpha value is -3.78. The van der Waals surface area contributed by atoms with Crippen molar-refractivity contribution in [3.8, 4) is 17.0 Å². The Kier molecular flexibility index (Phi) is 5.40. The van der Waals surface area contributed by atoms with Crippen molar-refractivity contribution in [2.75, 3.05) is 10.6 Å². The van der Waals surface area contributed by atoms with Crippen LogP contribution in [0.4, 0.5) is 16.8 Å². The highest BCUT2D eigenvalue weighted by atomic mass is 32.1. The fourth-order valence-electron chi connectivity index (χ4n) is 2.91. The summed E-state index contributed by atoms with van der Waals surface area (Å²) >= 11 is 1.46. The third-order valence-corrected chi connectivity index (χ3v) is 5.01. The topological polar surface area (TPSA) is 100 Å². The highest BCUT2D eigenvalue weighted by Crippen LogP contribution is 2.28. The normalized spacial score (nSPS) is 10.6. The molecular formula is C22H19N5O2S. The van der Waals surface area contributed by atoms with E-state index in [1.54, 1.807) is 30.3 Å². The molecule has 150 valence electrons. The van der Waals surface area contributed by atoms with E-state index in [1.165, 1.54) is 11.3 Å². The fraction of sp³-hybridized carbons (Fsp3) is 0.0909. The molecule has 2 aromatic carbocycles. The van der Waals surface area contributed by atoms with Crippen molar-refractivity contribution < 1.29 is 9.90 Å². The van der Waals surface area contributed by atoms with Gasteiger partial charge in [0.2, 0.25) is 5.95 Å². The third-order valence-electron chi connectivity index (χ3n) is 4.25. The molecule has 0 unspecified atom stereocenters. The predicted molar refractivity (Wildman–Crippen MR) is 118 cm³/mol. The molecule has 0 saturated heterocycles. The summed E-state index contributed by atoms with van der Waals surface area (Å²) in [7, 11) is 0. The van der Waals surface area contributed by atoms with Gasteiger partial charge in [-0.15, -0.1) is 11.3 Å². The first kappa shape index (κ1) is 19.5. The van der Waals surface area contributed by atoms with Gasteiger partial charge in [-0.1, -0.05) is 12.1 Å². The van der Waals surface area contributed by atoms with E-state index >= 15 is 0 Å². The molecule has 0 aliphatic rings. The van der Waals surface area contributed by atoms with Gasteiger partial charge in [0, 0.05) is 33.6 Å². The summed E-state index contributed by atoms with van der Waals surface area (Å²) in [5.74, 6) is 0.226. The number of nitrogens with zero attached hydrogens (tertiary/aromatic N) is 3. The Bertz CT molecular complexity index is 1180. The maximum Gasteiger partial charge on any atom is 0.258 e. The van der Waals surface area contributed by atoms with Crippen molar-refractivity contribution in [1.29, 1.82) is 0 Å². The summed E-state index contributed by atoms with van der Waals surface area (Å²) in [5, 5.41) is 18.2. The summed E-state index contributed by atoms with van der Waals surface area (Å²) in [5.41, 5.74) is 4.54. The van der Waals surface area contributed by atoms with Gasteiger partial charge < -0.3 is 10.4 Å². The van der Waals surface area contributed by atoms with E-state index in [4.69, 9.17) is 0 Å². The number of hydrogen-bond donors (Lipinski definition) is 3. The first-order chi connectivity index (χ1) is 14.5. The van der Waals surface area contributed by atoms with Crippen LogP contribution < -0.4 is 10.6 Å². The molecule has 0 aliphatic carbocycles. The number of aromatic hydroxyl groups is 1. The van der Waals surface area contributed by atoms with Crippen molar-refractivity contribution in [3.63, 3.8) is 0 Å². The molecule has 8 heteroatoms. The SMILES string of the molecule is Cc1cc(C)nc(NC(=O)c2ccc(Nc3nc(-c4cccc(O)c4)cs3)cc2)n1. The Morgan fingerprint density at radius 2 is 1.70 bits per heavy atom. The predicted octanol–water partition coefficient (Wildman–Crippen LogP) is 4.92. The molecule has 4 aromatic rings. The lowest BCUT2D eigenvalue weighted by molar-refractivity contribution is 0.102. The lowest BCUT2D eigenvalue weighted by atomic mass is 10.2. The van der Waals surface area contributed by atoms with Crippen LogP contribution in [0.3, 0.4) is 0 Å². The monoisotopic (exact) mass is 417 g/mol. The van der Waals surface area contributed by atoms with Gasteiger partial charge in [-0.05, 0) is 56.3 Å². The lowest BCUT2D eigenvalue weighted by Crippen LogP contribution is -2.14.